The smallest absolute Gasteiger partial charge is 0.223 e. The van der Waals surface area contributed by atoms with E-state index in [-0.39, 0.29) is 17.7 Å². The lowest BCUT2D eigenvalue weighted by Gasteiger charge is -2.13. The van der Waals surface area contributed by atoms with Crippen LogP contribution in [0.2, 0.25) is 5.15 Å². The summed E-state index contributed by atoms with van der Waals surface area (Å²) in [7, 11) is 1.63. The summed E-state index contributed by atoms with van der Waals surface area (Å²) < 4.78 is 7.34. The maximum absolute atomic E-state index is 8.99. The van der Waals surface area contributed by atoms with E-state index >= 15 is 0 Å². The van der Waals surface area contributed by atoms with Crippen molar-refractivity contribution in [1.29, 1.82) is 0 Å². The number of rotatable bonds is 3. The second kappa shape index (κ2) is 7.20. The third-order valence-electron chi connectivity index (χ3n) is 4.10. The number of fused-ring (bicyclic) bond motifs is 1. The molecule has 0 radical (unpaired) electrons. The molecule has 0 aromatic carbocycles. The van der Waals surface area contributed by atoms with Crippen molar-refractivity contribution >= 4 is 28.6 Å². The van der Waals surface area contributed by atoms with Gasteiger partial charge in [-0.2, -0.15) is 4.98 Å². The van der Waals surface area contributed by atoms with E-state index in [2.05, 4.69) is 26.8 Å². The monoisotopic (exact) mass is 371 g/mol. The molecule has 0 spiro atoms. The maximum atomic E-state index is 8.99. The fraction of sp³-hybridized carbons (Fsp3) is 0.278. The lowest BCUT2D eigenvalue weighted by molar-refractivity contribution is 0.350. The minimum atomic E-state index is -0.252. The molecular formula is C18H18ClN5O2. The van der Waals surface area contributed by atoms with Crippen LogP contribution in [0.25, 0.3) is 11.0 Å². The first-order chi connectivity index (χ1) is 12.5. The number of nitrogen functional groups attached to an aromatic ring is 1. The van der Waals surface area contributed by atoms with Gasteiger partial charge < -0.3 is 20.1 Å². The van der Waals surface area contributed by atoms with E-state index in [4.69, 9.17) is 27.2 Å². The van der Waals surface area contributed by atoms with Gasteiger partial charge >= 0.3 is 0 Å². The van der Waals surface area contributed by atoms with Gasteiger partial charge in [-0.05, 0) is 25.0 Å². The summed E-state index contributed by atoms with van der Waals surface area (Å²) in [6.07, 6.45) is 3.63. The molecule has 3 rings (SSSR count). The number of ether oxygens (including phenoxy) is 1. The number of aliphatic hydroxyl groups is 1. The SMILES string of the molecule is COc1c(C)ncc(Cn2cc(C#CCO)c3c(Cl)nc(N)nc32)c1C. The Bertz CT molecular complexity index is 1050. The molecule has 0 unspecified atom stereocenters. The molecule has 0 fully saturated rings. The second-order valence-corrected chi connectivity index (χ2v) is 6.09. The summed E-state index contributed by atoms with van der Waals surface area (Å²) in [5, 5.41) is 9.82. The van der Waals surface area contributed by atoms with Gasteiger partial charge in [0.25, 0.3) is 0 Å². The molecule has 8 heteroatoms. The van der Waals surface area contributed by atoms with E-state index in [0.717, 1.165) is 22.6 Å². The summed E-state index contributed by atoms with van der Waals surface area (Å²) in [4.78, 5) is 12.7. The van der Waals surface area contributed by atoms with Gasteiger partial charge in [0.2, 0.25) is 5.95 Å². The van der Waals surface area contributed by atoms with Crippen molar-refractivity contribution in [2.75, 3.05) is 19.5 Å². The topological polar surface area (TPSA) is 99.1 Å². The van der Waals surface area contributed by atoms with E-state index in [0.29, 0.717) is 23.1 Å². The van der Waals surface area contributed by atoms with E-state index in [9.17, 15) is 0 Å². The van der Waals surface area contributed by atoms with Crippen molar-refractivity contribution in [2.24, 2.45) is 0 Å². The number of nitrogens with two attached hydrogens (primary N) is 1. The highest BCUT2D eigenvalue weighted by atomic mass is 35.5. The highest BCUT2D eigenvalue weighted by molar-refractivity contribution is 6.34. The molecule has 3 aromatic heterocycles. The van der Waals surface area contributed by atoms with Gasteiger partial charge in [-0.3, -0.25) is 4.98 Å². The fourth-order valence-electron chi connectivity index (χ4n) is 2.90. The van der Waals surface area contributed by atoms with Gasteiger partial charge in [0.05, 0.1) is 30.3 Å². The Morgan fingerprint density at radius 2 is 2.12 bits per heavy atom. The van der Waals surface area contributed by atoms with Gasteiger partial charge in [-0.25, -0.2) is 4.98 Å². The van der Waals surface area contributed by atoms with Gasteiger partial charge in [-0.15, -0.1) is 0 Å². The highest BCUT2D eigenvalue weighted by Gasteiger charge is 2.16. The van der Waals surface area contributed by atoms with Crippen LogP contribution < -0.4 is 10.5 Å². The quantitative estimate of drug-likeness (QED) is 0.540. The zero-order chi connectivity index (χ0) is 18.8. The van der Waals surface area contributed by atoms with Gasteiger partial charge in [0, 0.05) is 12.4 Å². The van der Waals surface area contributed by atoms with Crippen LogP contribution in [0.4, 0.5) is 5.95 Å². The average Bonchev–Trinajstić information content (AvgIpc) is 2.93. The molecule has 7 nitrogen and oxygen atoms in total. The minimum Gasteiger partial charge on any atom is -0.495 e. The third-order valence-corrected chi connectivity index (χ3v) is 4.37. The molecule has 0 atom stereocenters. The number of nitrogens with zero attached hydrogens (tertiary/aromatic N) is 4. The first-order valence-corrected chi connectivity index (χ1v) is 8.24. The lowest BCUT2D eigenvalue weighted by atomic mass is 10.1. The molecule has 0 aliphatic heterocycles. The van der Waals surface area contributed by atoms with Gasteiger partial charge in [0.1, 0.15) is 23.2 Å². The Hall–Kier alpha value is -2.82. The van der Waals surface area contributed by atoms with E-state index in [1.54, 1.807) is 7.11 Å². The summed E-state index contributed by atoms with van der Waals surface area (Å²) in [5.74, 6) is 6.35. The normalized spacial score (nSPS) is 10.7. The minimum absolute atomic E-state index is 0.0832. The summed E-state index contributed by atoms with van der Waals surface area (Å²) >= 11 is 6.26. The first kappa shape index (κ1) is 18.0. The Morgan fingerprint density at radius 1 is 1.35 bits per heavy atom. The number of hydrogen-bond donors (Lipinski definition) is 2. The predicted octanol–water partition coefficient (Wildman–Crippen LogP) is 2.08. The van der Waals surface area contributed by atoms with Crippen LogP contribution in [0.3, 0.4) is 0 Å². The van der Waals surface area contributed by atoms with Crippen LogP contribution >= 0.6 is 11.6 Å². The molecule has 0 aliphatic rings. The zero-order valence-electron chi connectivity index (χ0n) is 14.7. The van der Waals surface area contributed by atoms with Crippen molar-refractivity contribution in [1.82, 2.24) is 19.5 Å². The lowest BCUT2D eigenvalue weighted by Crippen LogP contribution is -2.06. The number of halogens is 1. The van der Waals surface area contributed by atoms with Crippen molar-refractivity contribution in [3.63, 3.8) is 0 Å². The summed E-state index contributed by atoms with van der Waals surface area (Å²) in [6, 6.07) is 0. The van der Waals surface area contributed by atoms with Crippen molar-refractivity contribution < 1.29 is 9.84 Å². The van der Waals surface area contributed by atoms with Crippen LogP contribution in [0, 0.1) is 25.7 Å². The number of methoxy groups -OCH3 is 1. The van der Waals surface area contributed by atoms with Crippen LogP contribution in [-0.4, -0.2) is 38.3 Å². The molecule has 0 aliphatic carbocycles. The summed E-state index contributed by atoms with van der Waals surface area (Å²) in [5.41, 5.74) is 9.76. The number of aliphatic hydroxyl groups excluding tert-OH is 1. The number of pyridine rings is 1. The van der Waals surface area contributed by atoms with E-state index in [1.807, 2.05) is 30.8 Å². The third kappa shape index (κ3) is 3.17. The Balaban J connectivity index is 2.17. The molecule has 3 heterocycles. The summed E-state index contributed by atoms with van der Waals surface area (Å²) in [6.45, 7) is 4.12. The van der Waals surface area contributed by atoms with Gasteiger partial charge in [0.15, 0.2) is 0 Å². The van der Waals surface area contributed by atoms with Crippen LogP contribution in [-0.2, 0) is 6.54 Å². The average molecular weight is 372 g/mol. The largest absolute Gasteiger partial charge is 0.495 e. The molecule has 134 valence electrons. The Kier molecular flexibility index (Phi) is 4.98. The van der Waals surface area contributed by atoms with Gasteiger partial charge in [-0.1, -0.05) is 23.4 Å². The molecule has 3 N–H and O–H groups in total. The van der Waals surface area contributed by atoms with Crippen LogP contribution in [0.15, 0.2) is 12.4 Å². The fourth-order valence-corrected chi connectivity index (χ4v) is 3.17. The molecule has 0 saturated heterocycles. The molecular weight excluding hydrogens is 354 g/mol. The highest BCUT2D eigenvalue weighted by Crippen LogP contribution is 2.29. The number of hydrogen-bond acceptors (Lipinski definition) is 6. The molecule has 3 aromatic rings. The van der Waals surface area contributed by atoms with E-state index in [1.165, 1.54) is 0 Å². The van der Waals surface area contributed by atoms with Crippen molar-refractivity contribution in [3.05, 3.63) is 39.9 Å². The van der Waals surface area contributed by atoms with E-state index < -0.39 is 0 Å². The van der Waals surface area contributed by atoms with Crippen LogP contribution in [0.5, 0.6) is 5.75 Å². The predicted molar refractivity (Wildman–Crippen MR) is 100 cm³/mol. The maximum Gasteiger partial charge on any atom is 0.223 e. The molecule has 0 bridgehead atoms. The number of anilines is 1. The molecule has 26 heavy (non-hydrogen) atoms. The first-order valence-electron chi connectivity index (χ1n) is 7.86. The van der Waals surface area contributed by atoms with Crippen LogP contribution in [0.1, 0.15) is 22.4 Å². The second-order valence-electron chi connectivity index (χ2n) is 5.73. The Morgan fingerprint density at radius 3 is 2.81 bits per heavy atom. The van der Waals surface area contributed by atoms with Crippen molar-refractivity contribution in [2.45, 2.75) is 20.4 Å². The number of aromatic nitrogens is 4. The zero-order valence-corrected chi connectivity index (χ0v) is 15.4. The Labute approximate surface area is 155 Å². The standard InChI is InChI=1S/C18H18ClN5O2/c1-10-13(7-21-11(2)15(10)26-3)9-24-8-12(5-4-6-25)14-16(19)22-18(20)23-17(14)24/h7-8,25H,6,9H2,1-3H3,(H2,20,22,23). The molecule has 0 saturated carbocycles. The van der Waals surface area contributed by atoms with Crippen molar-refractivity contribution in [3.8, 4) is 17.6 Å². The molecule has 0 amide bonds. The number of aryl methyl sites for hydroxylation is 1.